The van der Waals surface area contributed by atoms with E-state index in [4.69, 9.17) is 9.47 Å². The molecule has 0 aliphatic carbocycles. The van der Waals surface area contributed by atoms with E-state index in [1.165, 1.54) is 4.90 Å². The van der Waals surface area contributed by atoms with Crippen molar-refractivity contribution in [3.05, 3.63) is 65.2 Å². The average Bonchev–Trinajstić information content (AvgIpc) is 3.23. The number of ether oxygens (including phenoxy) is 2. The minimum atomic E-state index is -0.282. The number of aliphatic imine (C=N–C) groups is 1. The predicted molar refractivity (Wildman–Crippen MR) is 118 cm³/mol. The van der Waals surface area contributed by atoms with Crippen LogP contribution < -0.4 is 9.47 Å². The topological polar surface area (TPSA) is 71.4 Å². The van der Waals surface area contributed by atoms with Crippen molar-refractivity contribution in [2.75, 3.05) is 34.0 Å². The van der Waals surface area contributed by atoms with Crippen molar-refractivity contribution in [1.29, 1.82) is 0 Å². The summed E-state index contributed by atoms with van der Waals surface area (Å²) >= 11 is 0. The lowest BCUT2D eigenvalue weighted by atomic mass is 9.93. The summed E-state index contributed by atoms with van der Waals surface area (Å²) in [6.45, 7) is 1.16. The molecule has 7 heteroatoms. The number of hydrogen-bond donors (Lipinski definition) is 0. The highest BCUT2D eigenvalue weighted by Crippen LogP contribution is 2.34. The van der Waals surface area contributed by atoms with Crippen molar-refractivity contribution in [3.63, 3.8) is 0 Å². The van der Waals surface area contributed by atoms with E-state index in [1.807, 2.05) is 55.4 Å². The second-order valence-electron chi connectivity index (χ2n) is 7.83. The van der Waals surface area contributed by atoms with Gasteiger partial charge >= 0.3 is 0 Å². The van der Waals surface area contributed by atoms with Gasteiger partial charge in [0.15, 0.2) is 11.5 Å². The van der Waals surface area contributed by atoms with Crippen LogP contribution in [0.3, 0.4) is 0 Å². The summed E-state index contributed by atoms with van der Waals surface area (Å²) in [5.41, 5.74) is 2.56. The fourth-order valence-corrected chi connectivity index (χ4v) is 3.86. The average molecular weight is 415 g/mol. The smallest absolute Gasteiger partial charge is 0.261 e. The van der Waals surface area contributed by atoms with Crippen molar-refractivity contribution in [1.82, 2.24) is 9.80 Å². The second kappa shape index (κ2) is 7.52. The molecule has 5 rings (SSSR count). The molecule has 0 radical (unpaired) electrons. The molecule has 2 heterocycles. The van der Waals surface area contributed by atoms with Gasteiger partial charge in [0.1, 0.15) is 0 Å². The first kappa shape index (κ1) is 19.3. The van der Waals surface area contributed by atoms with Crippen LogP contribution >= 0.6 is 0 Å². The van der Waals surface area contributed by atoms with Gasteiger partial charge in [-0.05, 0) is 61.4 Å². The normalized spacial score (nSPS) is 15.0. The molecule has 0 unspecified atom stereocenters. The number of amides is 2. The van der Waals surface area contributed by atoms with Crippen molar-refractivity contribution < 1.29 is 19.1 Å². The lowest BCUT2D eigenvalue weighted by molar-refractivity contribution is 0.0601. The van der Waals surface area contributed by atoms with Gasteiger partial charge < -0.3 is 14.4 Å². The molecule has 0 fully saturated rings. The van der Waals surface area contributed by atoms with E-state index >= 15 is 0 Å². The zero-order valence-electron chi connectivity index (χ0n) is 17.3. The van der Waals surface area contributed by atoms with Crippen LogP contribution in [0.2, 0.25) is 0 Å². The van der Waals surface area contributed by atoms with E-state index in [-0.39, 0.29) is 18.6 Å². The Balaban J connectivity index is 1.53. The molecule has 0 saturated carbocycles. The monoisotopic (exact) mass is 415 g/mol. The van der Waals surface area contributed by atoms with Gasteiger partial charge in [0.05, 0.1) is 11.3 Å². The quantitative estimate of drug-likeness (QED) is 0.471. The van der Waals surface area contributed by atoms with Gasteiger partial charge in [0.2, 0.25) is 6.79 Å². The summed E-state index contributed by atoms with van der Waals surface area (Å²) in [4.78, 5) is 34.0. The van der Waals surface area contributed by atoms with Crippen LogP contribution in [0, 0.1) is 0 Å². The number of hydrogen-bond acceptors (Lipinski definition) is 6. The van der Waals surface area contributed by atoms with Gasteiger partial charge in [-0.2, -0.15) is 0 Å². The van der Waals surface area contributed by atoms with Crippen molar-refractivity contribution in [2.45, 2.75) is 0 Å². The Labute approximate surface area is 179 Å². The van der Waals surface area contributed by atoms with Crippen molar-refractivity contribution in [3.8, 4) is 11.5 Å². The third kappa shape index (κ3) is 3.43. The number of fused-ring (bicyclic) bond motifs is 1. The Morgan fingerprint density at radius 2 is 1.81 bits per heavy atom. The van der Waals surface area contributed by atoms with Crippen LogP contribution in [0.25, 0.3) is 10.8 Å². The van der Waals surface area contributed by atoms with Crippen molar-refractivity contribution >= 4 is 34.5 Å². The summed E-state index contributed by atoms with van der Waals surface area (Å²) < 4.78 is 10.8. The minimum absolute atomic E-state index is 0.220. The molecular weight excluding hydrogens is 394 g/mol. The van der Waals surface area contributed by atoms with Gasteiger partial charge in [-0.15, -0.1) is 0 Å². The highest BCUT2D eigenvalue weighted by atomic mass is 16.7. The summed E-state index contributed by atoms with van der Waals surface area (Å²) in [6.07, 6.45) is 1.72. The molecule has 7 nitrogen and oxygen atoms in total. The fraction of sp³-hybridized carbons (Fsp3) is 0.208. The van der Waals surface area contributed by atoms with Gasteiger partial charge in [0.25, 0.3) is 11.8 Å². The van der Waals surface area contributed by atoms with Gasteiger partial charge in [-0.1, -0.05) is 12.1 Å². The first-order valence-corrected chi connectivity index (χ1v) is 10.0. The molecule has 3 aromatic rings. The Hall–Kier alpha value is -3.71. The molecule has 0 N–H and O–H groups in total. The molecule has 156 valence electrons. The van der Waals surface area contributed by atoms with Crippen LogP contribution in [-0.2, 0) is 0 Å². The Bertz CT molecular complexity index is 1250. The molecule has 2 aliphatic rings. The molecule has 0 saturated heterocycles. The standard InChI is InChI=1S/C24H21N3O4/c1-26(2)8-9-27-23(28)18-5-3-4-16-11-17(12-19(22(16)18)24(27)29)25-13-15-6-7-20-21(10-15)31-14-30-20/h3-7,10-13H,8-9,14H2,1-2H3. The first-order chi connectivity index (χ1) is 15.0. The van der Waals surface area contributed by atoms with E-state index < -0.39 is 0 Å². The predicted octanol–water partition coefficient (Wildman–Crippen LogP) is 3.48. The first-order valence-electron chi connectivity index (χ1n) is 10.0. The molecule has 0 bridgehead atoms. The number of benzene rings is 3. The number of likely N-dealkylation sites (N-methyl/N-ethyl adjacent to an activating group) is 1. The Morgan fingerprint density at radius 3 is 2.65 bits per heavy atom. The molecule has 3 aromatic carbocycles. The summed E-state index contributed by atoms with van der Waals surface area (Å²) in [5, 5.41) is 1.52. The van der Waals surface area contributed by atoms with Gasteiger partial charge in [-0.25, -0.2) is 0 Å². The lowest BCUT2D eigenvalue weighted by Gasteiger charge is -2.28. The fourth-order valence-electron chi connectivity index (χ4n) is 3.86. The van der Waals surface area contributed by atoms with Crippen molar-refractivity contribution in [2.24, 2.45) is 4.99 Å². The minimum Gasteiger partial charge on any atom is -0.454 e. The number of imide groups is 1. The number of carbonyl (C=O) groups excluding carboxylic acids is 2. The molecule has 31 heavy (non-hydrogen) atoms. The maximum atomic E-state index is 13.2. The number of rotatable bonds is 5. The molecule has 0 atom stereocenters. The maximum absolute atomic E-state index is 13.2. The third-order valence-corrected chi connectivity index (χ3v) is 5.44. The largest absolute Gasteiger partial charge is 0.454 e. The van der Waals surface area contributed by atoms with E-state index in [0.717, 1.165) is 10.9 Å². The zero-order chi connectivity index (χ0) is 21.5. The number of nitrogens with zero attached hydrogens (tertiary/aromatic N) is 3. The molecule has 0 aromatic heterocycles. The van der Waals surface area contributed by atoms with Crippen LogP contribution in [0.15, 0.2) is 53.5 Å². The highest BCUT2D eigenvalue weighted by molar-refractivity contribution is 6.26. The molecule has 2 aliphatic heterocycles. The van der Waals surface area contributed by atoms with Gasteiger partial charge in [0, 0.05) is 30.3 Å². The van der Waals surface area contributed by atoms with E-state index in [9.17, 15) is 9.59 Å². The Morgan fingerprint density at radius 1 is 1.00 bits per heavy atom. The maximum Gasteiger partial charge on any atom is 0.261 e. The van der Waals surface area contributed by atoms with E-state index in [0.29, 0.717) is 46.8 Å². The van der Waals surface area contributed by atoms with E-state index in [1.54, 1.807) is 18.3 Å². The SMILES string of the molecule is CN(C)CCN1C(=O)c2cccc3cc(N=Cc4ccc5c(c4)OCO5)cc(c23)C1=O. The summed E-state index contributed by atoms with van der Waals surface area (Å²) in [7, 11) is 3.83. The number of carbonyl (C=O) groups is 2. The lowest BCUT2D eigenvalue weighted by Crippen LogP contribution is -2.43. The molecule has 2 amide bonds. The van der Waals surface area contributed by atoms with Gasteiger partial charge in [-0.3, -0.25) is 19.5 Å². The third-order valence-electron chi connectivity index (χ3n) is 5.44. The Kier molecular flexibility index (Phi) is 4.67. The van der Waals surface area contributed by atoms with Crippen LogP contribution in [0.4, 0.5) is 5.69 Å². The van der Waals surface area contributed by atoms with Crippen LogP contribution in [0.5, 0.6) is 11.5 Å². The van der Waals surface area contributed by atoms with Crippen LogP contribution in [0.1, 0.15) is 26.3 Å². The summed E-state index contributed by atoms with van der Waals surface area (Å²) in [5.74, 6) is 0.873. The second-order valence-corrected chi connectivity index (χ2v) is 7.83. The van der Waals surface area contributed by atoms with E-state index in [2.05, 4.69) is 4.99 Å². The molecule has 0 spiro atoms. The molecular formula is C24H21N3O4. The van der Waals surface area contributed by atoms with Crippen LogP contribution in [-0.4, -0.2) is 61.8 Å². The highest BCUT2D eigenvalue weighted by Gasteiger charge is 2.32. The zero-order valence-corrected chi connectivity index (χ0v) is 17.3. The summed E-state index contributed by atoms with van der Waals surface area (Å²) in [6, 6.07) is 14.8.